The number of likely N-dealkylation sites (tertiary alicyclic amines) is 1. The summed E-state index contributed by atoms with van der Waals surface area (Å²) in [5.74, 6) is -0.331. The summed E-state index contributed by atoms with van der Waals surface area (Å²) < 4.78 is 5.40. The fraction of sp³-hybridized carbons (Fsp3) is 0.565. The van der Waals surface area contributed by atoms with Gasteiger partial charge in [-0.05, 0) is 38.5 Å². The summed E-state index contributed by atoms with van der Waals surface area (Å²) in [6, 6.07) is 9.89. The van der Waals surface area contributed by atoms with Crippen molar-refractivity contribution in [2.24, 2.45) is 0 Å². The van der Waals surface area contributed by atoms with Crippen molar-refractivity contribution < 1.29 is 14.3 Å². The molecule has 0 aromatic heterocycles. The Balaban J connectivity index is 1.58. The van der Waals surface area contributed by atoms with Crippen molar-refractivity contribution in [3.05, 3.63) is 41.6 Å². The smallest absolute Gasteiger partial charge is 0.277 e. The number of hydrogen-bond donors (Lipinski definition) is 0. The van der Waals surface area contributed by atoms with Gasteiger partial charge in [0.15, 0.2) is 0 Å². The van der Waals surface area contributed by atoms with Crippen molar-refractivity contribution in [3.63, 3.8) is 0 Å². The molecule has 0 saturated carbocycles. The largest absolute Gasteiger partial charge is 0.379 e. The molecule has 0 atom stereocenters. The first kappa shape index (κ1) is 21.0. The molecule has 7 heteroatoms. The zero-order valence-corrected chi connectivity index (χ0v) is 18.0. The van der Waals surface area contributed by atoms with E-state index in [9.17, 15) is 9.59 Å². The number of carbonyl (C=O) groups excluding carboxylic acids is 2. The molecule has 0 spiro atoms. The Bertz CT molecular complexity index is 796. The maximum absolute atomic E-state index is 13.5. The Morgan fingerprint density at radius 3 is 2.30 bits per heavy atom. The number of imide groups is 1. The lowest BCUT2D eigenvalue weighted by Crippen LogP contribution is -2.45. The first-order valence-electron chi connectivity index (χ1n) is 10.9. The summed E-state index contributed by atoms with van der Waals surface area (Å²) in [5, 5.41) is 0. The number of amides is 2. The van der Waals surface area contributed by atoms with Crippen molar-refractivity contribution in [1.29, 1.82) is 0 Å². The summed E-state index contributed by atoms with van der Waals surface area (Å²) in [7, 11) is 4.10. The maximum Gasteiger partial charge on any atom is 0.277 e. The summed E-state index contributed by atoms with van der Waals surface area (Å²) in [4.78, 5) is 35.0. The van der Waals surface area contributed by atoms with Crippen LogP contribution in [0.4, 0.5) is 0 Å². The third kappa shape index (κ3) is 4.29. The average molecular weight is 413 g/mol. The van der Waals surface area contributed by atoms with Crippen molar-refractivity contribution in [2.75, 3.05) is 66.6 Å². The number of rotatable bonds is 6. The zero-order valence-electron chi connectivity index (χ0n) is 18.0. The monoisotopic (exact) mass is 412 g/mol. The quantitative estimate of drug-likeness (QED) is 0.653. The summed E-state index contributed by atoms with van der Waals surface area (Å²) >= 11 is 0. The number of morpholine rings is 1. The fourth-order valence-corrected chi connectivity index (χ4v) is 4.59. The second-order valence-corrected chi connectivity index (χ2v) is 8.45. The van der Waals surface area contributed by atoms with E-state index < -0.39 is 0 Å². The van der Waals surface area contributed by atoms with Crippen LogP contribution in [0.15, 0.2) is 36.0 Å². The van der Waals surface area contributed by atoms with Crippen LogP contribution in [0.25, 0.3) is 5.57 Å². The van der Waals surface area contributed by atoms with Gasteiger partial charge in [-0.3, -0.25) is 19.4 Å². The summed E-state index contributed by atoms with van der Waals surface area (Å²) in [6.45, 7) is 6.22. The van der Waals surface area contributed by atoms with Crippen LogP contribution in [0.3, 0.4) is 0 Å². The second-order valence-electron chi connectivity index (χ2n) is 8.45. The predicted octanol–water partition coefficient (Wildman–Crippen LogP) is 1.12. The minimum Gasteiger partial charge on any atom is -0.379 e. The van der Waals surface area contributed by atoms with Gasteiger partial charge in [0.05, 0.1) is 18.8 Å². The van der Waals surface area contributed by atoms with Crippen molar-refractivity contribution in [1.82, 2.24) is 19.6 Å². The predicted molar refractivity (Wildman–Crippen MR) is 116 cm³/mol. The van der Waals surface area contributed by atoms with Crippen LogP contribution in [-0.4, -0.2) is 104 Å². The van der Waals surface area contributed by atoms with Crippen molar-refractivity contribution in [3.8, 4) is 0 Å². The number of carbonyl (C=O) groups is 2. The van der Waals surface area contributed by atoms with Crippen LogP contribution >= 0.6 is 0 Å². The van der Waals surface area contributed by atoms with Gasteiger partial charge in [0, 0.05) is 39.3 Å². The standard InChI is InChI=1S/C23H32N4O3/c1-24-10-8-19(9-11-24)25(2)21-20(18-6-4-3-5-7-18)22(28)27(23(21)29)13-12-26-14-16-30-17-15-26/h3-7,19H,8-17H2,1-2H3. The van der Waals surface area contributed by atoms with E-state index in [-0.39, 0.29) is 17.9 Å². The molecule has 2 fully saturated rings. The van der Waals surface area contributed by atoms with Gasteiger partial charge in [-0.1, -0.05) is 30.3 Å². The summed E-state index contributed by atoms with van der Waals surface area (Å²) in [6.07, 6.45) is 1.99. The fourth-order valence-electron chi connectivity index (χ4n) is 4.59. The lowest BCUT2D eigenvalue weighted by Gasteiger charge is -2.36. The molecular weight excluding hydrogens is 380 g/mol. The number of likely N-dealkylation sites (N-methyl/N-ethyl adjacent to an activating group) is 1. The Kier molecular flexibility index (Phi) is 6.51. The molecular formula is C23H32N4O3. The molecule has 0 radical (unpaired) electrons. The lowest BCUT2D eigenvalue weighted by atomic mass is 10.0. The molecule has 2 saturated heterocycles. The molecule has 3 aliphatic heterocycles. The van der Waals surface area contributed by atoms with E-state index in [0.29, 0.717) is 37.6 Å². The van der Waals surface area contributed by atoms with E-state index in [4.69, 9.17) is 4.74 Å². The van der Waals surface area contributed by atoms with E-state index in [1.807, 2.05) is 37.4 Å². The lowest BCUT2D eigenvalue weighted by molar-refractivity contribution is -0.138. The molecule has 4 rings (SSSR count). The molecule has 162 valence electrons. The van der Waals surface area contributed by atoms with Gasteiger partial charge in [-0.2, -0.15) is 0 Å². The molecule has 7 nitrogen and oxygen atoms in total. The third-order valence-electron chi connectivity index (χ3n) is 6.54. The molecule has 2 amide bonds. The van der Waals surface area contributed by atoms with Crippen LogP contribution in [0.5, 0.6) is 0 Å². The van der Waals surface area contributed by atoms with Crippen LogP contribution < -0.4 is 0 Å². The molecule has 3 aliphatic rings. The molecule has 0 unspecified atom stereocenters. The van der Waals surface area contributed by atoms with E-state index in [1.165, 1.54) is 4.90 Å². The van der Waals surface area contributed by atoms with Gasteiger partial charge in [0.1, 0.15) is 5.70 Å². The normalized spacial score (nSPS) is 22.3. The topological polar surface area (TPSA) is 56.3 Å². The van der Waals surface area contributed by atoms with Gasteiger partial charge >= 0.3 is 0 Å². The Hall–Kier alpha value is -2.22. The molecule has 0 N–H and O–H groups in total. The van der Waals surface area contributed by atoms with E-state index in [0.717, 1.165) is 44.6 Å². The van der Waals surface area contributed by atoms with Gasteiger partial charge in [-0.15, -0.1) is 0 Å². The van der Waals surface area contributed by atoms with Crippen LogP contribution in [-0.2, 0) is 14.3 Å². The highest BCUT2D eigenvalue weighted by atomic mass is 16.5. The number of benzene rings is 1. The Labute approximate surface area is 178 Å². The molecule has 3 heterocycles. The van der Waals surface area contributed by atoms with Gasteiger partial charge < -0.3 is 14.5 Å². The molecule has 30 heavy (non-hydrogen) atoms. The Morgan fingerprint density at radius 2 is 1.63 bits per heavy atom. The van der Waals surface area contributed by atoms with E-state index in [1.54, 1.807) is 0 Å². The third-order valence-corrected chi connectivity index (χ3v) is 6.54. The number of piperidine rings is 1. The van der Waals surface area contributed by atoms with E-state index in [2.05, 4.69) is 21.7 Å². The zero-order chi connectivity index (χ0) is 21.1. The highest BCUT2D eigenvalue weighted by Crippen LogP contribution is 2.33. The average Bonchev–Trinajstić information content (AvgIpc) is 3.03. The molecule has 1 aromatic rings. The second kappa shape index (κ2) is 9.29. The van der Waals surface area contributed by atoms with Crippen LogP contribution in [0.1, 0.15) is 18.4 Å². The minimum absolute atomic E-state index is 0.159. The minimum atomic E-state index is -0.172. The number of ether oxygens (including phenoxy) is 1. The van der Waals surface area contributed by atoms with Crippen molar-refractivity contribution >= 4 is 17.4 Å². The highest BCUT2D eigenvalue weighted by Gasteiger charge is 2.42. The maximum atomic E-state index is 13.5. The van der Waals surface area contributed by atoms with Gasteiger partial charge in [0.25, 0.3) is 11.8 Å². The van der Waals surface area contributed by atoms with Crippen LogP contribution in [0, 0.1) is 0 Å². The van der Waals surface area contributed by atoms with Crippen LogP contribution in [0.2, 0.25) is 0 Å². The number of nitrogens with zero attached hydrogens (tertiary/aromatic N) is 4. The number of hydrogen-bond acceptors (Lipinski definition) is 6. The SMILES string of the molecule is CN1CCC(N(C)C2=C(c3ccccc3)C(=O)N(CCN3CCOCC3)C2=O)CC1. The Morgan fingerprint density at radius 1 is 0.967 bits per heavy atom. The molecule has 1 aromatic carbocycles. The van der Waals surface area contributed by atoms with Gasteiger partial charge in [-0.25, -0.2) is 0 Å². The first-order valence-corrected chi connectivity index (χ1v) is 10.9. The summed E-state index contributed by atoms with van der Waals surface area (Å²) in [5.41, 5.74) is 1.92. The highest BCUT2D eigenvalue weighted by molar-refractivity contribution is 6.35. The van der Waals surface area contributed by atoms with Gasteiger partial charge in [0.2, 0.25) is 0 Å². The van der Waals surface area contributed by atoms with Crippen molar-refractivity contribution in [2.45, 2.75) is 18.9 Å². The van der Waals surface area contributed by atoms with E-state index >= 15 is 0 Å². The molecule has 0 bridgehead atoms. The first-order chi connectivity index (χ1) is 14.6. The molecule has 0 aliphatic carbocycles.